The van der Waals surface area contributed by atoms with Gasteiger partial charge in [-0.25, -0.2) is 14.1 Å². The number of carbonyl (C=O) groups excluding carboxylic acids is 3. The number of urea groups is 1. The van der Waals surface area contributed by atoms with Gasteiger partial charge in [-0.05, 0) is 80.4 Å². The first-order chi connectivity index (χ1) is 14.8. The van der Waals surface area contributed by atoms with Crippen LogP contribution in [-0.4, -0.2) is 22.4 Å². The number of imide groups is 2. The molecule has 1 aliphatic rings. The molecule has 6 nitrogen and oxygen atoms in total. The number of halogens is 1. The van der Waals surface area contributed by atoms with Crippen molar-refractivity contribution < 1.29 is 18.8 Å². The summed E-state index contributed by atoms with van der Waals surface area (Å²) in [7, 11) is 0. The van der Waals surface area contributed by atoms with Gasteiger partial charge in [0.2, 0.25) is 0 Å². The van der Waals surface area contributed by atoms with Crippen LogP contribution in [0.1, 0.15) is 22.5 Å². The van der Waals surface area contributed by atoms with E-state index in [1.54, 1.807) is 30.3 Å². The van der Waals surface area contributed by atoms with Crippen LogP contribution in [0.4, 0.5) is 14.9 Å². The number of nitrogens with zero attached hydrogens (tertiary/aromatic N) is 2. The fourth-order valence-electron chi connectivity index (χ4n) is 3.74. The van der Waals surface area contributed by atoms with Gasteiger partial charge in [0.1, 0.15) is 11.4 Å². The third kappa shape index (κ3) is 3.66. The second-order valence-corrected chi connectivity index (χ2v) is 7.44. The van der Waals surface area contributed by atoms with Crippen LogP contribution in [0.2, 0.25) is 0 Å². The predicted molar refractivity (Wildman–Crippen MR) is 115 cm³/mol. The van der Waals surface area contributed by atoms with Crippen molar-refractivity contribution in [1.82, 2.24) is 9.88 Å². The summed E-state index contributed by atoms with van der Waals surface area (Å²) in [6.45, 7) is 5.57. The Morgan fingerprint density at radius 3 is 2.29 bits per heavy atom. The predicted octanol–water partition coefficient (Wildman–Crippen LogP) is 4.21. The average Bonchev–Trinajstić information content (AvgIpc) is 2.99. The molecule has 3 aromatic rings. The van der Waals surface area contributed by atoms with Gasteiger partial charge in [0, 0.05) is 17.1 Å². The largest absolute Gasteiger partial charge is 0.335 e. The Bertz CT molecular complexity index is 1260. The van der Waals surface area contributed by atoms with Gasteiger partial charge in [0.05, 0.1) is 5.69 Å². The lowest BCUT2D eigenvalue weighted by Gasteiger charge is -2.26. The number of rotatable bonds is 3. The normalized spacial score (nSPS) is 15.5. The monoisotopic (exact) mass is 417 g/mol. The maximum absolute atomic E-state index is 13.3. The Balaban J connectivity index is 1.76. The number of barbiturate groups is 1. The van der Waals surface area contributed by atoms with E-state index in [9.17, 15) is 18.8 Å². The second kappa shape index (κ2) is 7.68. The Morgan fingerprint density at radius 2 is 1.61 bits per heavy atom. The molecule has 1 N–H and O–H groups in total. The first-order valence-corrected chi connectivity index (χ1v) is 9.69. The minimum atomic E-state index is -0.783. The molecule has 31 heavy (non-hydrogen) atoms. The van der Waals surface area contributed by atoms with E-state index in [0.717, 1.165) is 27.5 Å². The lowest BCUT2D eigenvalue weighted by molar-refractivity contribution is -0.122. The van der Waals surface area contributed by atoms with Gasteiger partial charge < -0.3 is 4.57 Å². The van der Waals surface area contributed by atoms with Crippen LogP contribution in [0.5, 0.6) is 0 Å². The van der Waals surface area contributed by atoms with E-state index in [4.69, 9.17) is 0 Å². The van der Waals surface area contributed by atoms with Crippen LogP contribution in [0.25, 0.3) is 11.8 Å². The second-order valence-electron chi connectivity index (χ2n) is 7.44. The Kier molecular flexibility index (Phi) is 5.02. The summed E-state index contributed by atoms with van der Waals surface area (Å²) >= 11 is 0. The van der Waals surface area contributed by atoms with Crippen molar-refractivity contribution in [1.29, 1.82) is 0 Å². The van der Waals surface area contributed by atoms with Crippen LogP contribution in [-0.2, 0) is 9.59 Å². The van der Waals surface area contributed by atoms with E-state index in [-0.39, 0.29) is 11.4 Å². The summed E-state index contributed by atoms with van der Waals surface area (Å²) in [5.74, 6) is -1.77. The van der Waals surface area contributed by atoms with Crippen LogP contribution >= 0.6 is 0 Å². The van der Waals surface area contributed by atoms with Crippen molar-refractivity contribution in [3.05, 3.63) is 88.5 Å². The molecule has 0 unspecified atom stereocenters. The molecule has 0 aliphatic carbocycles. The smallest absolute Gasteiger partial charge is 0.318 e. The van der Waals surface area contributed by atoms with Gasteiger partial charge in [-0.2, -0.15) is 0 Å². The number of hydrogen-bond donors (Lipinski definition) is 1. The fourth-order valence-corrected chi connectivity index (χ4v) is 3.74. The molecular weight excluding hydrogens is 397 g/mol. The summed E-state index contributed by atoms with van der Waals surface area (Å²) in [6, 6.07) is 14.0. The van der Waals surface area contributed by atoms with E-state index in [1.165, 1.54) is 18.2 Å². The van der Waals surface area contributed by atoms with E-state index >= 15 is 0 Å². The van der Waals surface area contributed by atoms with E-state index in [1.807, 2.05) is 37.5 Å². The summed E-state index contributed by atoms with van der Waals surface area (Å²) in [5, 5.41) is 2.24. The zero-order chi connectivity index (χ0) is 22.3. The van der Waals surface area contributed by atoms with Gasteiger partial charge in [0.15, 0.2) is 0 Å². The Morgan fingerprint density at radius 1 is 0.903 bits per heavy atom. The maximum Gasteiger partial charge on any atom is 0.335 e. The first-order valence-electron chi connectivity index (χ1n) is 9.69. The van der Waals surface area contributed by atoms with Crippen LogP contribution in [0, 0.1) is 26.6 Å². The van der Waals surface area contributed by atoms with Gasteiger partial charge in [-0.3, -0.25) is 14.9 Å². The highest BCUT2D eigenvalue weighted by molar-refractivity contribution is 6.39. The summed E-state index contributed by atoms with van der Waals surface area (Å²) in [6.07, 6.45) is 1.48. The molecule has 156 valence electrons. The minimum Gasteiger partial charge on any atom is -0.318 e. The standard InChI is InChI=1S/C24H20FN3O3/c1-14-5-4-6-20(11-14)28-23(30)21(22(29)26-24(28)31)13-17-12-15(2)27(16(17)3)19-9-7-18(25)8-10-19/h4-13H,1-3H3,(H,26,29,31). The fraction of sp³-hybridized carbons (Fsp3) is 0.125. The van der Waals surface area contributed by atoms with Crippen molar-refractivity contribution >= 4 is 29.6 Å². The van der Waals surface area contributed by atoms with Gasteiger partial charge in [0.25, 0.3) is 11.8 Å². The molecule has 0 spiro atoms. The molecule has 0 bridgehead atoms. The molecule has 7 heteroatoms. The summed E-state index contributed by atoms with van der Waals surface area (Å²) in [5.41, 5.74) is 4.17. The highest BCUT2D eigenvalue weighted by Crippen LogP contribution is 2.26. The molecule has 1 saturated heterocycles. The highest BCUT2D eigenvalue weighted by Gasteiger charge is 2.37. The third-order valence-electron chi connectivity index (χ3n) is 5.22. The number of amides is 4. The minimum absolute atomic E-state index is 0.138. The van der Waals surface area contributed by atoms with E-state index in [0.29, 0.717) is 11.3 Å². The van der Waals surface area contributed by atoms with Crippen molar-refractivity contribution in [3.8, 4) is 5.69 Å². The zero-order valence-electron chi connectivity index (χ0n) is 17.3. The number of carbonyl (C=O) groups is 3. The molecule has 1 aromatic heterocycles. The zero-order valence-corrected chi connectivity index (χ0v) is 17.3. The molecular formula is C24H20FN3O3. The molecule has 0 atom stereocenters. The summed E-state index contributed by atoms with van der Waals surface area (Å²) in [4.78, 5) is 38.9. The number of aromatic nitrogens is 1. The van der Waals surface area contributed by atoms with Crippen molar-refractivity contribution in [2.24, 2.45) is 0 Å². The summed E-state index contributed by atoms with van der Waals surface area (Å²) < 4.78 is 15.2. The van der Waals surface area contributed by atoms with Gasteiger partial charge in [-0.15, -0.1) is 0 Å². The van der Waals surface area contributed by atoms with Crippen LogP contribution in [0.3, 0.4) is 0 Å². The lowest BCUT2D eigenvalue weighted by atomic mass is 10.1. The quantitative estimate of drug-likeness (QED) is 0.513. The number of anilines is 1. The Hall–Kier alpha value is -4.00. The van der Waals surface area contributed by atoms with E-state index in [2.05, 4.69) is 5.32 Å². The van der Waals surface area contributed by atoms with Gasteiger partial charge >= 0.3 is 6.03 Å². The topological polar surface area (TPSA) is 71.4 Å². The van der Waals surface area contributed by atoms with Crippen LogP contribution < -0.4 is 10.2 Å². The van der Waals surface area contributed by atoms with Crippen molar-refractivity contribution in [2.75, 3.05) is 4.90 Å². The molecule has 2 heterocycles. The van der Waals surface area contributed by atoms with Crippen LogP contribution in [0.15, 0.2) is 60.2 Å². The number of hydrogen-bond acceptors (Lipinski definition) is 3. The van der Waals surface area contributed by atoms with Crippen molar-refractivity contribution in [3.63, 3.8) is 0 Å². The maximum atomic E-state index is 13.3. The molecule has 4 amide bonds. The Labute approximate surface area is 178 Å². The lowest BCUT2D eigenvalue weighted by Crippen LogP contribution is -2.54. The molecule has 4 rings (SSSR count). The van der Waals surface area contributed by atoms with Crippen molar-refractivity contribution in [2.45, 2.75) is 20.8 Å². The molecule has 1 aliphatic heterocycles. The average molecular weight is 417 g/mol. The number of benzene rings is 2. The third-order valence-corrected chi connectivity index (χ3v) is 5.22. The number of aryl methyl sites for hydroxylation is 2. The molecule has 1 fully saturated rings. The molecule has 2 aromatic carbocycles. The molecule has 0 saturated carbocycles. The molecule has 0 radical (unpaired) electrons. The van der Waals surface area contributed by atoms with E-state index < -0.39 is 17.8 Å². The SMILES string of the molecule is Cc1cccc(N2C(=O)NC(=O)C(=Cc3cc(C)n(-c4ccc(F)cc4)c3C)C2=O)c1. The first kappa shape index (κ1) is 20.3. The van der Waals surface area contributed by atoms with Gasteiger partial charge in [-0.1, -0.05) is 12.1 Å². The highest BCUT2D eigenvalue weighted by atomic mass is 19.1. The number of nitrogens with one attached hydrogen (secondary N) is 1.